The summed E-state index contributed by atoms with van der Waals surface area (Å²) in [5, 5.41) is 0. The van der Waals surface area contributed by atoms with Crippen molar-refractivity contribution in [3.8, 4) is 11.5 Å². The molecule has 3 aliphatic rings. The Morgan fingerprint density at radius 3 is 1.86 bits per heavy atom. The molecule has 0 bridgehead atoms. The Morgan fingerprint density at radius 1 is 0.750 bits per heavy atom. The number of quaternary nitrogens is 1. The van der Waals surface area contributed by atoms with Gasteiger partial charge in [-0.05, 0) is 29.7 Å². The van der Waals surface area contributed by atoms with Crippen LogP contribution in [0.5, 0.6) is 11.5 Å². The van der Waals surface area contributed by atoms with Crippen LogP contribution >= 0.6 is 0 Å². The number of rotatable bonds is 2. The highest BCUT2D eigenvalue weighted by atomic mass is 16.8. The molecule has 3 aromatic carbocycles. The quantitative estimate of drug-likeness (QED) is 0.703. The van der Waals surface area contributed by atoms with E-state index in [0.29, 0.717) is 0 Å². The van der Waals surface area contributed by atoms with Crippen LogP contribution in [-0.2, 0) is 10.3 Å². The molecule has 0 aliphatic carbocycles. The van der Waals surface area contributed by atoms with Gasteiger partial charge in [0.05, 0.1) is 6.04 Å². The average molecular weight is 371 g/mol. The minimum Gasteiger partial charge on any atom is -0.601 e. The number of hydrogen-bond donors (Lipinski definition) is 1. The molecule has 3 heterocycles. The van der Waals surface area contributed by atoms with Crippen LogP contribution < -0.4 is 14.1 Å². The third kappa shape index (κ3) is 2.09. The molecule has 6 rings (SSSR count). The highest BCUT2D eigenvalue weighted by molar-refractivity contribution is 6.55. The summed E-state index contributed by atoms with van der Waals surface area (Å²) in [4.78, 5) is 1.28. The molecule has 2 saturated heterocycles. The number of nitrogens with one attached hydrogen (secondary N) is 1. The summed E-state index contributed by atoms with van der Waals surface area (Å²) < 4.78 is 19.9. The van der Waals surface area contributed by atoms with Crippen LogP contribution in [0.4, 0.5) is 0 Å². The van der Waals surface area contributed by atoms with Crippen LogP contribution in [0.2, 0.25) is 0 Å². The van der Waals surface area contributed by atoms with Crippen molar-refractivity contribution >= 4 is 6.89 Å². The Kier molecular flexibility index (Phi) is 3.40. The fourth-order valence-electron chi connectivity index (χ4n) is 5.44. The normalized spacial score (nSPS) is 25.7. The van der Waals surface area contributed by atoms with E-state index >= 15 is 0 Å². The molecule has 3 aliphatic heterocycles. The summed E-state index contributed by atoms with van der Waals surface area (Å²) in [6.07, 6.45) is 2.21. The van der Waals surface area contributed by atoms with Gasteiger partial charge in [-0.2, -0.15) is 0 Å². The molecule has 2 fully saturated rings. The first-order valence-electron chi connectivity index (χ1n) is 10.1. The van der Waals surface area contributed by atoms with Crippen LogP contribution in [0.25, 0.3) is 0 Å². The largest absolute Gasteiger partial charge is 0.740 e. The number of fused-ring (bicyclic) bond motifs is 3. The fraction of sp³-hybridized carbons (Fsp3) is 0.217. The summed E-state index contributed by atoms with van der Waals surface area (Å²) in [7, 11) is 0. The van der Waals surface area contributed by atoms with Crippen molar-refractivity contribution in [1.29, 1.82) is 0 Å². The molecule has 4 nitrogen and oxygen atoms in total. The van der Waals surface area contributed by atoms with Crippen LogP contribution in [0, 0.1) is 0 Å². The molecule has 1 unspecified atom stereocenters. The second kappa shape index (κ2) is 5.87. The first-order valence-corrected chi connectivity index (χ1v) is 10.1. The van der Waals surface area contributed by atoms with Crippen LogP contribution in [0.1, 0.15) is 24.0 Å². The van der Waals surface area contributed by atoms with Gasteiger partial charge >= 0.3 is 6.89 Å². The van der Waals surface area contributed by atoms with Gasteiger partial charge in [0.25, 0.3) is 0 Å². The minimum absolute atomic E-state index is 0.242. The van der Waals surface area contributed by atoms with Gasteiger partial charge in [0.15, 0.2) is 0 Å². The standard InChI is InChI=1S/C23H22BNO3/c1-3-10-18(11-4-1)23(19-12-5-2-6-13-19)22-16-9-17-25(22)24(28-23)26-20-14-7-8-15-21(20)27-24/h1-8,10-15,22,25H,9,16-17H2/t22-/m0/s1. The third-order valence-corrected chi connectivity index (χ3v) is 6.51. The number of para-hydroxylation sites is 2. The predicted molar refractivity (Wildman–Crippen MR) is 107 cm³/mol. The van der Waals surface area contributed by atoms with E-state index in [-0.39, 0.29) is 6.04 Å². The second-order valence-corrected chi connectivity index (χ2v) is 7.93. The Labute approximate surface area is 164 Å². The maximum absolute atomic E-state index is 7.00. The zero-order valence-electron chi connectivity index (χ0n) is 15.6. The van der Waals surface area contributed by atoms with E-state index in [2.05, 4.69) is 60.7 Å². The van der Waals surface area contributed by atoms with Gasteiger partial charge in [-0.3, -0.25) is 0 Å². The van der Waals surface area contributed by atoms with Gasteiger partial charge in [0.1, 0.15) is 17.1 Å². The van der Waals surface area contributed by atoms with Crippen molar-refractivity contribution in [3.63, 3.8) is 0 Å². The van der Waals surface area contributed by atoms with Gasteiger partial charge in [0.2, 0.25) is 0 Å². The van der Waals surface area contributed by atoms with E-state index in [4.69, 9.17) is 14.0 Å². The van der Waals surface area contributed by atoms with Gasteiger partial charge in [-0.25, -0.2) is 0 Å². The highest BCUT2D eigenvalue weighted by Gasteiger charge is 2.71. The zero-order chi connectivity index (χ0) is 18.6. The van der Waals surface area contributed by atoms with Gasteiger partial charge in [0, 0.05) is 13.0 Å². The molecular formula is C23H22BNO3. The Morgan fingerprint density at radius 2 is 1.29 bits per heavy atom. The molecule has 3 aromatic rings. The summed E-state index contributed by atoms with van der Waals surface area (Å²) in [5.41, 5.74) is 1.73. The topological polar surface area (TPSA) is 32.1 Å². The number of benzene rings is 3. The lowest BCUT2D eigenvalue weighted by Gasteiger charge is -2.36. The smallest absolute Gasteiger partial charge is 0.601 e. The van der Waals surface area contributed by atoms with Crippen LogP contribution in [0.15, 0.2) is 84.9 Å². The second-order valence-electron chi connectivity index (χ2n) is 7.93. The van der Waals surface area contributed by atoms with Crippen molar-refractivity contribution in [1.82, 2.24) is 0 Å². The van der Waals surface area contributed by atoms with E-state index in [1.807, 2.05) is 24.3 Å². The lowest BCUT2D eigenvalue weighted by Crippen LogP contribution is -3.24. The zero-order valence-corrected chi connectivity index (χ0v) is 15.6. The summed E-state index contributed by atoms with van der Waals surface area (Å²) >= 11 is 0. The number of hydrogen-bond acceptors (Lipinski definition) is 3. The molecule has 5 heteroatoms. The van der Waals surface area contributed by atoms with Crippen molar-refractivity contribution in [2.45, 2.75) is 24.5 Å². The van der Waals surface area contributed by atoms with Crippen molar-refractivity contribution in [2.75, 3.05) is 6.54 Å². The van der Waals surface area contributed by atoms with E-state index in [9.17, 15) is 0 Å². The maximum atomic E-state index is 7.00. The molecule has 2 atom stereocenters. The van der Waals surface area contributed by atoms with Crippen molar-refractivity contribution in [3.05, 3.63) is 96.1 Å². The lowest BCUT2D eigenvalue weighted by molar-refractivity contribution is -0.821. The molecular weight excluding hydrogens is 349 g/mol. The minimum atomic E-state index is -1.97. The van der Waals surface area contributed by atoms with E-state index in [0.717, 1.165) is 42.0 Å². The summed E-state index contributed by atoms with van der Waals surface area (Å²) in [6.45, 7) is -0.987. The van der Waals surface area contributed by atoms with Crippen molar-refractivity contribution in [2.24, 2.45) is 0 Å². The van der Waals surface area contributed by atoms with E-state index in [1.165, 1.54) is 4.81 Å². The molecule has 1 N–H and O–H groups in total. The highest BCUT2D eigenvalue weighted by Crippen LogP contribution is 2.47. The molecule has 0 saturated carbocycles. The maximum Gasteiger partial charge on any atom is 0.740 e. The third-order valence-electron chi connectivity index (χ3n) is 6.51. The SMILES string of the molecule is c1ccc(C2(c3ccccc3)O[B-]3(Oc4ccccc4O3)[NH+]3CCC[C@H]32)cc1. The van der Waals surface area contributed by atoms with E-state index < -0.39 is 12.5 Å². The Balaban J connectivity index is 1.55. The van der Waals surface area contributed by atoms with Gasteiger partial charge < -0.3 is 18.8 Å². The molecule has 0 amide bonds. The lowest BCUT2D eigenvalue weighted by atomic mass is 9.79. The van der Waals surface area contributed by atoms with Crippen molar-refractivity contribution < 1.29 is 18.8 Å². The first-order chi connectivity index (χ1) is 13.8. The molecule has 140 valence electrons. The van der Waals surface area contributed by atoms with Crippen LogP contribution in [-0.4, -0.2) is 19.5 Å². The molecule has 0 aromatic heterocycles. The van der Waals surface area contributed by atoms with Crippen LogP contribution in [0.3, 0.4) is 0 Å². The average Bonchev–Trinajstić information content (AvgIpc) is 3.44. The predicted octanol–water partition coefficient (Wildman–Crippen LogP) is 2.91. The molecule has 28 heavy (non-hydrogen) atoms. The van der Waals surface area contributed by atoms with E-state index in [1.54, 1.807) is 0 Å². The van der Waals surface area contributed by atoms with Gasteiger partial charge in [-0.15, -0.1) is 0 Å². The summed E-state index contributed by atoms with van der Waals surface area (Å²) in [6, 6.07) is 29.2. The molecule has 1 spiro atoms. The summed E-state index contributed by atoms with van der Waals surface area (Å²) in [5.74, 6) is 1.55. The molecule has 0 radical (unpaired) electrons. The Bertz CT molecular complexity index is 946. The monoisotopic (exact) mass is 371 g/mol. The fourth-order valence-corrected chi connectivity index (χ4v) is 5.44. The van der Waals surface area contributed by atoms with Gasteiger partial charge in [-0.1, -0.05) is 72.8 Å². The Hall–Kier alpha value is -2.76. The first kappa shape index (κ1) is 16.2.